The van der Waals surface area contributed by atoms with E-state index in [-0.39, 0.29) is 5.91 Å². The standard InChI is InChI=1S/C19H23NO5/c1-6-9-20-12(2)17(19(22)25-5)15(18(20)21)10-13-7-8-14(23-3)11-16(13)24-4/h7-8,10-11H,6,9H2,1-5H3/b15-10-. The van der Waals surface area contributed by atoms with E-state index in [0.29, 0.717) is 40.5 Å². The molecular formula is C19H23NO5. The topological polar surface area (TPSA) is 65.1 Å². The van der Waals surface area contributed by atoms with E-state index in [9.17, 15) is 9.59 Å². The number of hydrogen-bond donors (Lipinski definition) is 0. The van der Waals surface area contributed by atoms with Crippen LogP contribution in [-0.4, -0.2) is 44.7 Å². The van der Waals surface area contributed by atoms with Gasteiger partial charge in [-0.25, -0.2) is 4.79 Å². The molecule has 0 saturated heterocycles. The summed E-state index contributed by atoms with van der Waals surface area (Å²) in [4.78, 5) is 26.6. The molecule has 0 aliphatic carbocycles. The Hall–Kier alpha value is -2.76. The van der Waals surface area contributed by atoms with Crippen molar-refractivity contribution in [2.24, 2.45) is 0 Å². The lowest BCUT2D eigenvalue weighted by atomic mass is 10.0. The average molecular weight is 345 g/mol. The molecular weight excluding hydrogens is 322 g/mol. The maximum atomic E-state index is 12.8. The first-order valence-electron chi connectivity index (χ1n) is 8.03. The van der Waals surface area contributed by atoms with Crippen molar-refractivity contribution < 1.29 is 23.8 Å². The number of amides is 1. The minimum absolute atomic E-state index is 0.211. The van der Waals surface area contributed by atoms with Gasteiger partial charge in [0.25, 0.3) is 5.91 Å². The zero-order valence-corrected chi connectivity index (χ0v) is 15.2. The molecule has 6 heteroatoms. The summed E-state index contributed by atoms with van der Waals surface area (Å²) in [5, 5.41) is 0. The monoisotopic (exact) mass is 345 g/mol. The van der Waals surface area contributed by atoms with Crippen LogP contribution in [-0.2, 0) is 14.3 Å². The predicted molar refractivity (Wildman–Crippen MR) is 94.2 cm³/mol. The molecule has 1 aliphatic heterocycles. The molecule has 6 nitrogen and oxygen atoms in total. The lowest BCUT2D eigenvalue weighted by Gasteiger charge is -2.16. The first-order valence-corrected chi connectivity index (χ1v) is 8.03. The first kappa shape index (κ1) is 18.6. The molecule has 0 radical (unpaired) electrons. The van der Waals surface area contributed by atoms with Gasteiger partial charge in [0.15, 0.2) is 0 Å². The highest BCUT2D eigenvalue weighted by molar-refractivity contribution is 6.16. The Morgan fingerprint density at radius 1 is 1.20 bits per heavy atom. The number of carbonyl (C=O) groups excluding carboxylic acids is 2. The highest BCUT2D eigenvalue weighted by Crippen LogP contribution is 2.34. The van der Waals surface area contributed by atoms with Crippen molar-refractivity contribution in [2.75, 3.05) is 27.9 Å². The number of ether oxygens (including phenoxy) is 3. The van der Waals surface area contributed by atoms with Gasteiger partial charge < -0.3 is 19.1 Å². The van der Waals surface area contributed by atoms with Gasteiger partial charge in [-0.15, -0.1) is 0 Å². The van der Waals surface area contributed by atoms with Gasteiger partial charge in [0.05, 0.1) is 32.5 Å². The number of benzene rings is 1. The van der Waals surface area contributed by atoms with Crippen molar-refractivity contribution in [3.05, 3.63) is 40.6 Å². The Bertz CT molecular complexity index is 748. The van der Waals surface area contributed by atoms with Crippen LogP contribution in [0.1, 0.15) is 25.8 Å². The number of carbonyl (C=O) groups is 2. The minimum atomic E-state index is -0.525. The third-order valence-electron chi connectivity index (χ3n) is 4.09. The van der Waals surface area contributed by atoms with E-state index in [1.807, 2.05) is 6.92 Å². The SMILES string of the molecule is CCCN1C(=O)/C(=C\c2ccc(OC)cc2OC)C(C(=O)OC)=C1C. The van der Waals surface area contributed by atoms with E-state index >= 15 is 0 Å². The summed E-state index contributed by atoms with van der Waals surface area (Å²) in [6, 6.07) is 5.28. The molecule has 0 spiro atoms. The van der Waals surface area contributed by atoms with Crippen LogP contribution in [0.4, 0.5) is 0 Å². The molecule has 0 fully saturated rings. The predicted octanol–water partition coefficient (Wildman–Crippen LogP) is 2.79. The fraction of sp³-hybridized carbons (Fsp3) is 0.368. The normalized spacial score (nSPS) is 15.8. The van der Waals surface area contributed by atoms with Crippen LogP contribution in [0.5, 0.6) is 11.5 Å². The summed E-state index contributed by atoms with van der Waals surface area (Å²) in [5.41, 5.74) is 1.89. The Kier molecular flexibility index (Phi) is 5.85. The van der Waals surface area contributed by atoms with Gasteiger partial charge in [0, 0.05) is 23.9 Å². The Morgan fingerprint density at radius 3 is 2.48 bits per heavy atom. The van der Waals surface area contributed by atoms with Crippen molar-refractivity contribution in [3.63, 3.8) is 0 Å². The van der Waals surface area contributed by atoms with Crippen LogP contribution in [0.2, 0.25) is 0 Å². The number of hydrogen-bond acceptors (Lipinski definition) is 5. The molecule has 0 N–H and O–H groups in total. The summed E-state index contributed by atoms with van der Waals surface area (Å²) >= 11 is 0. The van der Waals surface area contributed by atoms with E-state index in [4.69, 9.17) is 14.2 Å². The van der Waals surface area contributed by atoms with Gasteiger partial charge in [-0.2, -0.15) is 0 Å². The highest BCUT2D eigenvalue weighted by atomic mass is 16.5. The number of rotatable bonds is 6. The molecule has 2 rings (SSSR count). The minimum Gasteiger partial charge on any atom is -0.497 e. The van der Waals surface area contributed by atoms with Crippen molar-refractivity contribution in [1.82, 2.24) is 4.90 Å². The highest BCUT2D eigenvalue weighted by Gasteiger charge is 2.36. The molecule has 0 aromatic heterocycles. The summed E-state index contributed by atoms with van der Waals surface area (Å²) in [7, 11) is 4.41. The summed E-state index contributed by atoms with van der Waals surface area (Å²) in [6.45, 7) is 4.28. The maximum absolute atomic E-state index is 12.8. The lowest BCUT2D eigenvalue weighted by molar-refractivity contribution is -0.136. The Morgan fingerprint density at radius 2 is 1.92 bits per heavy atom. The summed E-state index contributed by atoms with van der Waals surface area (Å²) in [6.07, 6.45) is 2.45. The van der Waals surface area contributed by atoms with Gasteiger partial charge in [0.2, 0.25) is 0 Å². The van der Waals surface area contributed by atoms with E-state index in [0.717, 1.165) is 6.42 Å². The van der Waals surface area contributed by atoms with Gasteiger partial charge in [-0.3, -0.25) is 4.79 Å². The van der Waals surface area contributed by atoms with Gasteiger partial charge in [-0.05, 0) is 31.6 Å². The van der Waals surface area contributed by atoms with E-state index in [2.05, 4.69) is 0 Å². The van der Waals surface area contributed by atoms with Gasteiger partial charge in [0.1, 0.15) is 11.5 Å². The van der Waals surface area contributed by atoms with Crippen LogP contribution < -0.4 is 9.47 Å². The van der Waals surface area contributed by atoms with Crippen LogP contribution >= 0.6 is 0 Å². The molecule has 1 aliphatic rings. The maximum Gasteiger partial charge on any atom is 0.340 e. The quantitative estimate of drug-likeness (QED) is 0.586. The molecule has 134 valence electrons. The van der Waals surface area contributed by atoms with Gasteiger partial charge in [-0.1, -0.05) is 6.92 Å². The van der Waals surface area contributed by atoms with E-state index in [1.54, 1.807) is 50.3 Å². The second-order valence-corrected chi connectivity index (χ2v) is 5.57. The third-order valence-corrected chi connectivity index (χ3v) is 4.09. The number of esters is 1. The van der Waals surface area contributed by atoms with Crippen LogP contribution in [0, 0.1) is 0 Å². The second-order valence-electron chi connectivity index (χ2n) is 5.57. The van der Waals surface area contributed by atoms with E-state index in [1.165, 1.54) is 7.11 Å². The Labute approximate surface area is 147 Å². The van der Waals surface area contributed by atoms with Crippen LogP contribution in [0.15, 0.2) is 35.0 Å². The largest absolute Gasteiger partial charge is 0.497 e. The third kappa shape index (κ3) is 3.52. The van der Waals surface area contributed by atoms with Crippen molar-refractivity contribution in [2.45, 2.75) is 20.3 Å². The second kappa shape index (κ2) is 7.88. The number of allylic oxidation sites excluding steroid dienone is 1. The molecule has 1 heterocycles. The molecule has 0 unspecified atom stereocenters. The number of methoxy groups -OCH3 is 3. The van der Waals surface area contributed by atoms with Crippen molar-refractivity contribution >= 4 is 18.0 Å². The lowest BCUT2D eigenvalue weighted by Crippen LogP contribution is -2.25. The molecule has 0 atom stereocenters. The van der Waals surface area contributed by atoms with E-state index < -0.39 is 5.97 Å². The van der Waals surface area contributed by atoms with Crippen molar-refractivity contribution in [3.8, 4) is 11.5 Å². The molecule has 25 heavy (non-hydrogen) atoms. The zero-order valence-electron chi connectivity index (χ0n) is 15.2. The molecule has 0 saturated carbocycles. The average Bonchev–Trinajstić information content (AvgIpc) is 2.86. The van der Waals surface area contributed by atoms with Crippen molar-refractivity contribution in [1.29, 1.82) is 0 Å². The summed E-state index contributed by atoms with van der Waals surface area (Å²) < 4.78 is 15.4. The zero-order chi connectivity index (χ0) is 18.6. The first-order chi connectivity index (χ1) is 12.0. The molecule has 1 aromatic rings. The smallest absolute Gasteiger partial charge is 0.340 e. The summed E-state index contributed by atoms with van der Waals surface area (Å²) in [5.74, 6) is 0.459. The van der Waals surface area contributed by atoms with Crippen LogP contribution in [0.25, 0.3) is 6.08 Å². The fourth-order valence-corrected chi connectivity index (χ4v) is 2.81. The fourth-order valence-electron chi connectivity index (χ4n) is 2.81. The van der Waals surface area contributed by atoms with Gasteiger partial charge >= 0.3 is 5.97 Å². The molecule has 1 aromatic carbocycles. The Balaban J connectivity index is 2.57. The molecule has 0 bridgehead atoms. The van der Waals surface area contributed by atoms with Crippen LogP contribution in [0.3, 0.4) is 0 Å². The number of nitrogens with zero attached hydrogens (tertiary/aromatic N) is 1. The molecule has 1 amide bonds.